The lowest BCUT2D eigenvalue weighted by molar-refractivity contribution is -0.131. The van der Waals surface area contributed by atoms with Crippen LogP contribution in [0.4, 0.5) is 4.79 Å². The average molecular weight is 335 g/mol. The van der Waals surface area contributed by atoms with Crippen LogP contribution in [0.3, 0.4) is 0 Å². The third-order valence-corrected chi connectivity index (χ3v) is 6.22. The highest BCUT2D eigenvalue weighted by atomic mass is 32.2. The number of rotatable bonds is 3. The van der Waals surface area contributed by atoms with Crippen LogP contribution in [0.5, 0.6) is 0 Å². The van der Waals surface area contributed by atoms with E-state index in [2.05, 4.69) is 6.08 Å². The number of cyclic esters (lactones) is 1. The number of carbonyl (C=O) groups excluding carboxylic acids is 2. The third kappa shape index (κ3) is 3.03. The van der Waals surface area contributed by atoms with E-state index in [-0.39, 0.29) is 17.7 Å². The quantitative estimate of drug-likeness (QED) is 0.848. The van der Waals surface area contributed by atoms with E-state index in [0.29, 0.717) is 18.9 Å². The lowest BCUT2D eigenvalue weighted by Crippen LogP contribution is -2.40. The first-order valence-corrected chi connectivity index (χ1v) is 9.33. The van der Waals surface area contributed by atoms with E-state index in [4.69, 9.17) is 4.74 Å². The normalized spacial score (nSPS) is 24.9. The Bertz CT molecular complexity index is 603. The Kier molecular flexibility index (Phi) is 4.78. The fourth-order valence-electron chi connectivity index (χ4n) is 2.74. The molecule has 22 heavy (non-hydrogen) atoms. The van der Waals surface area contributed by atoms with Crippen LogP contribution in [-0.4, -0.2) is 42.1 Å². The maximum Gasteiger partial charge on any atom is 0.416 e. The molecule has 1 aromatic carbocycles. The predicted octanol–water partition coefficient (Wildman–Crippen LogP) is 3.32. The van der Waals surface area contributed by atoms with Crippen molar-refractivity contribution in [3.8, 4) is 0 Å². The molecule has 0 aromatic heterocycles. The fraction of sp³-hybridized carbons (Fsp3) is 0.375. The maximum absolute atomic E-state index is 12.8. The number of ether oxygens (including phenoxy) is 1. The number of allylic oxidation sites excluding steroid dienone is 1. The number of benzene rings is 1. The van der Waals surface area contributed by atoms with Gasteiger partial charge in [0.05, 0.1) is 12.5 Å². The Morgan fingerprint density at radius 3 is 2.77 bits per heavy atom. The van der Waals surface area contributed by atoms with Gasteiger partial charge in [0, 0.05) is 15.9 Å². The van der Waals surface area contributed by atoms with Crippen LogP contribution >= 0.6 is 23.5 Å². The SMILES string of the molecule is CSC1=C[C@@H](c2ccccc2)[C@@H](C(=O)N2CCOC2=O)CS1. The largest absolute Gasteiger partial charge is 0.447 e. The number of amides is 2. The maximum atomic E-state index is 12.8. The van der Waals surface area contributed by atoms with Crippen molar-refractivity contribution < 1.29 is 14.3 Å². The summed E-state index contributed by atoms with van der Waals surface area (Å²) in [6.45, 7) is 0.659. The highest BCUT2D eigenvalue weighted by Crippen LogP contribution is 2.42. The molecule has 0 spiro atoms. The van der Waals surface area contributed by atoms with Crippen LogP contribution in [0.2, 0.25) is 0 Å². The van der Waals surface area contributed by atoms with Gasteiger partial charge in [-0.15, -0.1) is 23.5 Å². The van der Waals surface area contributed by atoms with Crippen LogP contribution in [0.25, 0.3) is 0 Å². The molecule has 0 N–H and O–H groups in total. The summed E-state index contributed by atoms with van der Waals surface area (Å²) in [4.78, 5) is 25.7. The first kappa shape index (κ1) is 15.5. The van der Waals surface area contributed by atoms with Gasteiger partial charge in [-0.2, -0.15) is 0 Å². The molecular weight excluding hydrogens is 318 g/mol. The minimum absolute atomic E-state index is 0.00537. The number of hydrogen-bond donors (Lipinski definition) is 0. The zero-order chi connectivity index (χ0) is 15.5. The van der Waals surface area contributed by atoms with Gasteiger partial charge in [-0.3, -0.25) is 4.79 Å². The van der Waals surface area contributed by atoms with Gasteiger partial charge in [-0.05, 0) is 11.8 Å². The zero-order valence-corrected chi connectivity index (χ0v) is 13.9. The molecule has 2 aliphatic heterocycles. The Morgan fingerprint density at radius 2 is 2.14 bits per heavy atom. The van der Waals surface area contributed by atoms with E-state index in [1.165, 1.54) is 9.14 Å². The lowest BCUT2D eigenvalue weighted by atomic mass is 9.86. The van der Waals surface area contributed by atoms with E-state index in [1.807, 2.05) is 36.6 Å². The summed E-state index contributed by atoms with van der Waals surface area (Å²) in [7, 11) is 0. The molecule has 0 saturated carbocycles. The number of nitrogens with zero attached hydrogens (tertiary/aromatic N) is 1. The van der Waals surface area contributed by atoms with Crippen molar-refractivity contribution in [1.82, 2.24) is 4.90 Å². The lowest BCUT2D eigenvalue weighted by Gasteiger charge is -2.30. The Hall–Kier alpha value is -1.40. The van der Waals surface area contributed by atoms with Crippen molar-refractivity contribution in [2.45, 2.75) is 5.92 Å². The van der Waals surface area contributed by atoms with Gasteiger partial charge in [0.2, 0.25) is 5.91 Å². The minimum atomic E-state index is -0.513. The molecule has 3 rings (SSSR count). The van der Waals surface area contributed by atoms with Crippen molar-refractivity contribution >= 4 is 35.5 Å². The highest BCUT2D eigenvalue weighted by Gasteiger charge is 2.39. The summed E-state index contributed by atoms with van der Waals surface area (Å²) in [5, 5.41) is 0. The molecule has 2 atom stereocenters. The van der Waals surface area contributed by atoms with Crippen molar-refractivity contribution in [2.75, 3.05) is 25.2 Å². The second kappa shape index (κ2) is 6.79. The first-order valence-electron chi connectivity index (χ1n) is 7.12. The highest BCUT2D eigenvalue weighted by molar-refractivity contribution is 8.22. The molecular formula is C16H17NO3S2. The molecule has 0 bridgehead atoms. The van der Waals surface area contributed by atoms with E-state index >= 15 is 0 Å². The van der Waals surface area contributed by atoms with Gasteiger partial charge in [0.25, 0.3) is 0 Å². The van der Waals surface area contributed by atoms with Crippen molar-refractivity contribution in [1.29, 1.82) is 0 Å². The van der Waals surface area contributed by atoms with Gasteiger partial charge in [-0.1, -0.05) is 36.4 Å². The standard InChI is InChI=1S/C16H17NO3S2/c1-21-14-9-12(11-5-3-2-4-6-11)13(10-22-14)15(18)17-7-8-20-16(17)19/h2-6,9,12-13H,7-8,10H2,1H3/t12-,13-/m0/s1. The Morgan fingerprint density at radius 1 is 1.36 bits per heavy atom. The van der Waals surface area contributed by atoms with Gasteiger partial charge in [0.1, 0.15) is 6.61 Å². The number of thioether (sulfide) groups is 2. The topological polar surface area (TPSA) is 46.6 Å². The first-order chi connectivity index (χ1) is 10.7. The van der Waals surface area contributed by atoms with Crippen LogP contribution in [0.15, 0.2) is 40.6 Å². The van der Waals surface area contributed by atoms with Crippen LogP contribution in [-0.2, 0) is 9.53 Å². The summed E-state index contributed by atoms with van der Waals surface area (Å²) in [5.41, 5.74) is 1.11. The summed E-state index contributed by atoms with van der Waals surface area (Å²) >= 11 is 3.38. The molecule has 6 heteroatoms. The molecule has 1 fully saturated rings. The molecule has 116 valence electrons. The zero-order valence-electron chi connectivity index (χ0n) is 12.2. The Balaban J connectivity index is 1.90. The summed E-state index contributed by atoms with van der Waals surface area (Å²) in [6, 6.07) is 10.0. The van der Waals surface area contributed by atoms with E-state index in [0.717, 1.165) is 5.56 Å². The van der Waals surface area contributed by atoms with E-state index in [9.17, 15) is 9.59 Å². The van der Waals surface area contributed by atoms with Crippen molar-refractivity contribution in [3.63, 3.8) is 0 Å². The molecule has 2 amide bonds. The van der Waals surface area contributed by atoms with Crippen LogP contribution in [0.1, 0.15) is 11.5 Å². The molecule has 4 nitrogen and oxygen atoms in total. The summed E-state index contributed by atoms with van der Waals surface area (Å²) in [5.74, 6) is 0.342. The summed E-state index contributed by atoms with van der Waals surface area (Å²) < 4.78 is 6.12. The molecule has 2 aliphatic rings. The van der Waals surface area contributed by atoms with E-state index < -0.39 is 6.09 Å². The average Bonchev–Trinajstić information content (AvgIpc) is 3.00. The van der Waals surface area contributed by atoms with Crippen LogP contribution < -0.4 is 0 Å². The predicted molar refractivity (Wildman–Crippen MR) is 89.8 cm³/mol. The minimum Gasteiger partial charge on any atom is -0.447 e. The monoisotopic (exact) mass is 335 g/mol. The molecule has 0 radical (unpaired) electrons. The molecule has 1 aromatic rings. The van der Waals surface area contributed by atoms with Gasteiger partial charge >= 0.3 is 6.09 Å². The number of imide groups is 1. The second-order valence-electron chi connectivity index (χ2n) is 5.15. The fourth-order valence-corrected chi connectivity index (χ4v) is 4.63. The number of hydrogen-bond acceptors (Lipinski definition) is 5. The van der Waals surface area contributed by atoms with Gasteiger partial charge in [-0.25, -0.2) is 9.69 Å². The molecule has 0 unspecified atom stereocenters. The van der Waals surface area contributed by atoms with Crippen LogP contribution in [0, 0.1) is 5.92 Å². The van der Waals surface area contributed by atoms with Gasteiger partial charge in [0.15, 0.2) is 0 Å². The number of carbonyl (C=O) groups is 2. The second-order valence-corrected chi connectivity index (χ2v) is 7.32. The van der Waals surface area contributed by atoms with Gasteiger partial charge < -0.3 is 4.74 Å². The van der Waals surface area contributed by atoms with Crippen molar-refractivity contribution in [3.05, 3.63) is 46.2 Å². The van der Waals surface area contributed by atoms with E-state index in [1.54, 1.807) is 23.5 Å². The molecule has 2 heterocycles. The Labute approximate surface area is 138 Å². The molecule has 1 saturated heterocycles. The smallest absolute Gasteiger partial charge is 0.416 e. The summed E-state index contributed by atoms with van der Waals surface area (Å²) in [6.07, 6.45) is 3.68. The molecule has 0 aliphatic carbocycles. The van der Waals surface area contributed by atoms with Crippen molar-refractivity contribution in [2.24, 2.45) is 5.92 Å². The third-order valence-electron chi connectivity index (χ3n) is 3.88.